The first-order valence-corrected chi connectivity index (χ1v) is 16.6. The van der Waals surface area contributed by atoms with Crippen molar-refractivity contribution in [2.45, 2.75) is 77.4 Å². The van der Waals surface area contributed by atoms with Gasteiger partial charge in [0.15, 0.2) is 12.2 Å². The summed E-state index contributed by atoms with van der Waals surface area (Å²) in [5.74, 6) is -1.24. The van der Waals surface area contributed by atoms with Gasteiger partial charge in [-0.05, 0) is 75.9 Å². The summed E-state index contributed by atoms with van der Waals surface area (Å²) in [6.45, 7) is 20.1. The molecule has 2 atom stereocenters. The molecule has 0 aliphatic heterocycles. The minimum absolute atomic E-state index is 0.0297. The van der Waals surface area contributed by atoms with Crippen LogP contribution >= 0.6 is 0 Å². The lowest BCUT2D eigenvalue weighted by atomic mass is 9.65. The highest BCUT2D eigenvalue weighted by atomic mass is 16.6. The van der Waals surface area contributed by atoms with Gasteiger partial charge in [-0.1, -0.05) is 69.8 Å². The lowest BCUT2D eigenvalue weighted by molar-refractivity contribution is -0.155. The second kappa shape index (κ2) is 18.6. The van der Waals surface area contributed by atoms with Gasteiger partial charge < -0.3 is 28.4 Å². The number of esters is 4. The molecule has 0 bridgehead atoms. The van der Waals surface area contributed by atoms with E-state index in [-0.39, 0.29) is 54.1 Å². The molecule has 2 aromatic carbocycles. The number of hydrogen-bond acceptors (Lipinski definition) is 10. The lowest BCUT2D eigenvalue weighted by Crippen LogP contribution is -2.32. The maximum Gasteiger partial charge on any atom is 0.333 e. The normalized spacial score (nSPS) is 14.6. The van der Waals surface area contributed by atoms with Crippen molar-refractivity contribution in [3.63, 3.8) is 0 Å². The average molecular weight is 689 g/mol. The molecular weight excluding hydrogens is 640 g/mol. The van der Waals surface area contributed by atoms with Crippen LogP contribution in [0.5, 0.6) is 11.5 Å². The molecule has 3 rings (SSSR count). The molecule has 0 saturated heterocycles. The molecule has 0 radical (unpaired) electrons. The van der Waals surface area contributed by atoms with Crippen LogP contribution in [-0.4, -0.2) is 62.5 Å². The molecule has 0 aromatic heterocycles. The first kappa shape index (κ1) is 39.3. The van der Waals surface area contributed by atoms with Gasteiger partial charge in [-0.2, -0.15) is 0 Å². The summed E-state index contributed by atoms with van der Waals surface area (Å²) in [4.78, 5) is 48.2. The SMILES string of the molecule is C=C(C)C(=O)OCC(COc1ccc(C2(c3ccc(OCC(COC(=O)C(=C)C)OC(=O)C(=C)C)cc3)CCCCC2)cc1)OC(=O)C(=C)C. The molecule has 0 heterocycles. The Morgan fingerprint density at radius 3 is 1.20 bits per heavy atom. The fourth-order valence-electron chi connectivity index (χ4n) is 5.34. The summed E-state index contributed by atoms with van der Waals surface area (Å²) >= 11 is 0. The number of carbonyl (C=O) groups is 4. The standard InChI is InChI=1S/C40H48O10/c1-26(2)36(41)47-24-34(49-38(43)28(5)6)22-45-32-16-12-30(13-17-32)40(20-10-9-11-21-40)31-14-18-33(19-15-31)46-23-35(50-39(44)29(7)8)25-48-37(42)27(3)4/h12-19,34-35H,1,3,5,7,9-11,20-25H2,2,4,6,8H3. The fraction of sp³-hybridized carbons (Fsp3) is 0.400. The molecular formula is C40H48O10. The van der Waals surface area contributed by atoms with Gasteiger partial charge in [0.1, 0.15) is 37.9 Å². The minimum atomic E-state index is -0.840. The van der Waals surface area contributed by atoms with Crippen LogP contribution in [0.25, 0.3) is 0 Å². The van der Waals surface area contributed by atoms with E-state index in [4.69, 9.17) is 28.4 Å². The predicted octanol–water partition coefficient (Wildman–Crippen LogP) is 6.91. The summed E-state index contributed by atoms with van der Waals surface area (Å²) in [5, 5.41) is 0. The van der Waals surface area contributed by atoms with E-state index < -0.39 is 36.1 Å². The van der Waals surface area contributed by atoms with Crippen molar-refractivity contribution in [2.24, 2.45) is 0 Å². The zero-order chi connectivity index (χ0) is 36.8. The first-order chi connectivity index (χ1) is 23.7. The quantitative estimate of drug-likeness (QED) is 0.0927. The van der Waals surface area contributed by atoms with Crippen molar-refractivity contribution < 1.29 is 47.6 Å². The third-order valence-corrected chi connectivity index (χ3v) is 8.13. The van der Waals surface area contributed by atoms with Crippen LogP contribution < -0.4 is 9.47 Å². The van der Waals surface area contributed by atoms with Crippen molar-refractivity contribution in [2.75, 3.05) is 26.4 Å². The van der Waals surface area contributed by atoms with E-state index in [2.05, 4.69) is 26.3 Å². The maximum absolute atomic E-state index is 12.2. The van der Waals surface area contributed by atoms with Crippen LogP contribution in [0.1, 0.15) is 70.9 Å². The van der Waals surface area contributed by atoms with Crippen molar-refractivity contribution >= 4 is 23.9 Å². The zero-order valence-electron chi connectivity index (χ0n) is 29.5. The molecule has 10 nitrogen and oxygen atoms in total. The van der Waals surface area contributed by atoms with Crippen LogP contribution in [0.2, 0.25) is 0 Å². The van der Waals surface area contributed by atoms with Gasteiger partial charge in [0.25, 0.3) is 0 Å². The Labute approximate surface area is 294 Å². The van der Waals surface area contributed by atoms with Crippen LogP contribution in [0, 0.1) is 0 Å². The van der Waals surface area contributed by atoms with Gasteiger partial charge in [0.05, 0.1) is 0 Å². The fourth-order valence-corrected chi connectivity index (χ4v) is 5.34. The van der Waals surface area contributed by atoms with E-state index in [1.165, 1.54) is 27.7 Å². The van der Waals surface area contributed by atoms with E-state index in [1.807, 2.05) is 48.5 Å². The van der Waals surface area contributed by atoms with Gasteiger partial charge in [0.2, 0.25) is 0 Å². The van der Waals surface area contributed by atoms with Gasteiger partial charge in [0, 0.05) is 27.7 Å². The Morgan fingerprint density at radius 2 is 0.880 bits per heavy atom. The summed E-state index contributed by atoms with van der Waals surface area (Å²) in [7, 11) is 0. The Bertz CT molecular complexity index is 1450. The molecule has 1 fully saturated rings. The van der Waals surface area contributed by atoms with Crippen molar-refractivity contribution in [1.29, 1.82) is 0 Å². The van der Waals surface area contributed by atoms with E-state index >= 15 is 0 Å². The lowest BCUT2D eigenvalue weighted by Gasteiger charge is -2.39. The Hall–Kier alpha value is -5.12. The summed E-state index contributed by atoms with van der Waals surface area (Å²) in [5.41, 5.74) is 2.98. The Balaban J connectivity index is 1.72. The molecule has 1 aliphatic rings. The molecule has 10 heteroatoms. The maximum atomic E-state index is 12.2. The smallest absolute Gasteiger partial charge is 0.333 e. The molecule has 2 unspecified atom stereocenters. The monoisotopic (exact) mass is 688 g/mol. The third kappa shape index (κ3) is 11.5. The van der Waals surface area contributed by atoms with Gasteiger partial charge in [-0.25, -0.2) is 19.2 Å². The minimum Gasteiger partial charge on any atom is -0.490 e. The van der Waals surface area contributed by atoms with Crippen molar-refractivity contribution in [3.05, 3.63) is 108 Å². The highest BCUT2D eigenvalue weighted by molar-refractivity contribution is 5.88. The molecule has 0 spiro atoms. The summed E-state index contributed by atoms with van der Waals surface area (Å²) < 4.78 is 33.2. The second-order valence-electron chi connectivity index (χ2n) is 12.7. The van der Waals surface area contributed by atoms with Crippen LogP contribution in [0.15, 0.2) is 97.1 Å². The summed E-state index contributed by atoms with van der Waals surface area (Å²) in [6, 6.07) is 15.7. The molecule has 0 amide bonds. The number of benzene rings is 2. The first-order valence-electron chi connectivity index (χ1n) is 16.6. The van der Waals surface area contributed by atoms with Crippen molar-refractivity contribution in [1.82, 2.24) is 0 Å². The van der Waals surface area contributed by atoms with Crippen LogP contribution in [0.3, 0.4) is 0 Å². The number of ether oxygens (including phenoxy) is 6. The van der Waals surface area contributed by atoms with Gasteiger partial charge >= 0.3 is 23.9 Å². The number of hydrogen-bond donors (Lipinski definition) is 0. The van der Waals surface area contributed by atoms with Crippen LogP contribution in [-0.2, 0) is 43.5 Å². The molecule has 1 saturated carbocycles. The van der Waals surface area contributed by atoms with Crippen LogP contribution in [0.4, 0.5) is 0 Å². The topological polar surface area (TPSA) is 124 Å². The van der Waals surface area contributed by atoms with E-state index in [1.54, 1.807) is 0 Å². The number of rotatable bonds is 18. The number of carbonyl (C=O) groups excluding carboxylic acids is 4. The van der Waals surface area contributed by atoms with E-state index in [9.17, 15) is 19.2 Å². The molecule has 50 heavy (non-hydrogen) atoms. The summed E-state index contributed by atoms with van der Waals surface area (Å²) in [6.07, 6.45) is 3.56. The highest BCUT2D eigenvalue weighted by Gasteiger charge is 2.36. The van der Waals surface area contributed by atoms with E-state index in [0.29, 0.717) is 11.5 Å². The molecule has 1 aliphatic carbocycles. The predicted molar refractivity (Wildman–Crippen MR) is 189 cm³/mol. The highest BCUT2D eigenvalue weighted by Crippen LogP contribution is 2.45. The average Bonchev–Trinajstić information content (AvgIpc) is 3.10. The largest absolute Gasteiger partial charge is 0.490 e. The second-order valence-corrected chi connectivity index (χ2v) is 12.7. The molecule has 0 N–H and O–H groups in total. The Kier molecular flexibility index (Phi) is 14.6. The van der Waals surface area contributed by atoms with E-state index in [0.717, 1.165) is 43.2 Å². The third-order valence-electron chi connectivity index (χ3n) is 8.13. The van der Waals surface area contributed by atoms with Gasteiger partial charge in [-0.3, -0.25) is 0 Å². The van der Waals surface area contributed by atoms with Crippen molar-refractivity contribution in [3.8, 4) is 11.5 Å². The van der Waals surface area contributed by atoms with Gasteiger partial charge in [-0.15, -0.1) is 0 Å². The molecule has 2 aromatic rings. The molecule has 268 valence electrons. The Morgan fingerprint density at radius 1 is 0.540 bits per heavy atom. The zero-order valence-corrected chi connectivity index (χ0v) is 29.5.